The summed E-state index contributed by atoms with van der Waals surface area (Å²) < 4.78 is 48.3. The third-order valence-corrected chi connectivity index (χ3v) is 7.06. The summed E-state index contributed by atoms with van der Waals surface area (Å²) in [6.45, 7) is 5.61. The molecule has 3 unspecified atom stereocenters. The van der Waals surface area contributed by atoms with E-state index in [4.69, 9.17) is 52.8 Å². The lowest BCUT2D eigenvalue weighted by Crippen LogP contribution is -2.35. The lowest BCUT2D eigenvalue weighted by Gasteiger charge is -2.16. The molecule has 11 nitrogen and oxygen atoms in total. The van der Waals surface area contributed by atoms with Gasteiger partial charge in [0, 0.05) is 5.33 Å². The molecule has 0 aromatic heterocycles. The van der Waals surface area contributed by atoms with Gasteiger partial charge >= 0.3 is 0 Å². The summed E-state index contributed by atoms with van der Waals surface area (Å²) in [6.07, 6.45) is -0.531. The van der Waals surface area contributed by atoms with E-state index in [1.165, 1.54) is 0 Å². The molecule has 0 aromatic carbocycles. The average Bonchev–Trinajstić information content (AvgIpc) is 3.76. The van der Waals surface area contributed by atoms with Crippen molar-refractivity contribution in [3.8, 4) is 0 Å². The van der Waals surface area contributed by atoms with Crippen LogP contribution in [-0.2, 0) is 42.6 Å². The molecule has 0 saturated carbocycles. The molecule has 0 radical (unpaired) electrons. The zero-order valence-electron chi connectivity index (χ0n) is 18.4. The van der Waals surface area contributed by atoms with Gasteiger partial charge in [-0.25, -0.2) is 0 Å². The van der Waals surface area contributed by atoms with Crippen LogP contribution in [0.5, 0.6) is 0 Å². The van der Waals surface area contributed by atoms with Crippen molar-refractivity contribution < 1.29 is 52.8 Å². The molecular formula is C21H33BrO11. The molecule has 190 valence electrons. The Bertz CT molecular complexity index is 571. The molecule has 7 aliphatic rings. The Labute approximate surface area is 200 Å². The van der Waals surface area contributed by atoms with Crippen molar-refractivity contribution in [2.45, 2.75) is 67.1 Å². The van der Waals surface area contributed by atoms with E-state index in [9.17, 15) is 0 Å². The number of ether oxygens (including phenoxy) is 9. The second-order valence-electron chi connectivity index (χ2n) is 9.09. The van der Waals surface area contributed by atoms with Crippen molar-refractivity contribution >= 4 is 15.9 Å². The van der Waals surface area contributed by atoms with E-state index in [2.05, 4.69) is 15.9 Å². The first-order chi connectivity index (χ1) is 16.1. The number of hydrogen-bond acceptors (Lipinski definition) is 11. The number of fused-ring (bicyclic) bond motifs is 2. The lowest BCUT2D eigenvalue weighted by molar-refractivity contribution is -0.0541. The fourth-order valence-corrected chi connectivity index (χ4v) is 4.50. The lowest BCUT2D eigenvalue weighted by atomic mass is 10.1. The second-order valence-corrected chi connectivity index (χ2v) is 9.74. The number of hydrogen-bond donors (Lipinski definition) is 2. The van der Waals surface area contributed by atoms with Crippen molar-refractivity contribution in [1.29, 1.82) is 0 Å². The van der Waals surface area contributed by atoms with Gasteiger partial charge in [0.15, 0.2) is 0 Å². The van der Waals surface area contributed by atoms with Crippen LogP contribution in [0, 0.1) is 0 Å². The normalized spacial score (nSPS) is 48.3. The summed E-state index contributed by atoms with van der Waals surface area (Å²) >= 11 is 3.25. The van der Waals surface area contributed by atoms with E-state index in [1.807, 2.05) is 0 Å². The van der Waals surface area contributed by atoms with E-state index >= 15 is 0 Å². The fourth-order valence-electron chi connectivity index (χ4n) is 4.12. The van der Waals surface area contributed by atoms with Crippen LogP contribution in [0.3, 0.4) is 0 Å². The quantitative estimate of drug-likeness (QED) is 0.293. The fraction of sp³-hybridized carbons (Fsp3) is 1.00. The molecule has 0 aliphatic carbocycles. The van der Waals surface area contributed by atoms with Gasteiger partial charge in [-0.2, -0.15) is 0 Å². The highest BCUT2D eigenvalue weighted by Crippen LogP contribution is 2.31. The van der Waals surface area contributed by atoms with Gasteiger partial charge in [-0.3, -0.25) is 0 Å². The largest absolute Gasteiger partial charge is 0.388 e. The molecule has 0 amide bonds. The molecule has 7 heterocycles. The minimum atomic E-state index is -0.554. The van der Waals surface area contributed by atoms with Gasteiger partial charge in [-0.15, -0.1) is 0 Å². The van der Waals surface area contributed by atoms with Gasteiger partial charge in [0.2, 0.25) is 0 Å². The van der Waals surface area contributed by atoms with Gasteiger partial charge in [-0.05, 0) is 0 Å². The maximum absolute atomic E-state index is 9.16. The molecule has 2 N–H and O–H groups in total. The number of rotatable bonds is 7. The number of halogens is 1. The van der Waals surface area contributed by atoms with Crippen molar-refractivity contribution in [3.05, 3.63) is 0 Å². The summed E-state index contributed by atoms with van der Waals surface area (Å²) in [5.41, 5.74) is 0. The predicted molar refractivity (Wildman–Crippen MR) is 113 cm³/mol. The number of epoxide rings is 3. The third kappa shape index (κ3) is 6.83. The Hall–Kier alpha value is 0.0400. The number of aliphatic hydroxyl groups excluding tert-OH is 2. The maximum Gasteiger partial charge on any atom is 0.115 e. The van der Waals surface area contributed by atoms with Gasteiger partial charge in [0.25, 0.3) is 0 Å². The van der Waals surface area contributed by atoms with E-state index in [-0.39, 0.29) is 62.0 Å². The summed E-state index contributed by atoms with van der Waals surface area (Å²) in [4.78, 5) is 0. The molecule has 7 fully saturated rings. The van der Waals surface area contributed by atoms with Crippen LogP contribution in [0.2, 0.25) is 0 Å². The van der Waals surface area contributed by atoms with E-state index < -0.39 is 12.2 Å². The summed E-state index contributed by atoms with van der Waals surface area (Å²) in [5.74, 6) is 0. The maximum atomic E-state index is 9.16. The van der Waals surface area contributed by atoms with Crippen molar-refractivity contribution in [2.24, 2.45) is 0 Å². The Morgan fingerprint density at radius 3 is 1.27 bits per heavy atom. The number of aliphatic hydroxyl groups is 2. The molecular weight excluding hydrogens is 508 g/mol. The standard InChI is InChI=1S/C12H18O6.C6H10O4.C3H5BrO/c1-7(13-1)3-15-9-5-17-12-10(6-18-11(9)12)16-4-8-2-14-8;7-3-1-9-6-4(8)2-10-5(3)6;4-1-3-2-5-3/h7-12H,1-6H2;3-8H,1-2H2;3H,1-2H2/t7?,8?,9-,10+,11-,12-;3-,4+,5-,6-;/m11./s1. The first-order valence-electron chi connectivity index (χ1n) is 11.6. The van der Waals surface area contributed by atoms with Gasteiger partial charge in [0.1, 0.15) is 61.0 Å². The predicted octanol–water partition coefficient (Wildman–Crippen LogP) is -1.36. The van der Waals surface area contributed by atoms with Crippen LogP contribution in [0.25, 0.3) is 0 Å². The minimum Gasteiger partial charge on any atom is -0.388 e. The van der Waals surface area contributed by atoms with E-state index in [0.29, 0.717) is 32.5 Å². The molecule has 0 bridgehead atoms. The topological polar surface area (TPSA) is 133 Å². The molecule has 7 rings (SSSR count). The van der Waals surface area contributed by atoms with Crippen molar-refractivity contribution in [2.75, 3.05) is 64.8 Å². The molecule has 0 aromatic rings. The molecule has 11 atom stereocenters. The smallest absolute Gasteiger partial charge is 0.115 e. The van der Waals surface area contributed by atoms with Gasteiger partial charge < -0.3 is 52.8 Å². The van der Waals surface area contributed by atoms with Crippen molar-refractivity contribution in [3.63, 3.8) is 0 Å². The zero-order chi connectivity index (χ0) is 22.8. The molecule has 7 aliphatic heterocycles. The summed E-state index contributed by atoms with van der Waals surface area (Å²) in [5, 5.41) is 19.3. The first kappa shape index (κ1) is 24.7. The van der Waals surface area contributed by atoms with Gasteiger partial charge in [-0.1, -0.05) is 15.9 Å². The summed E-state index contributed by atoms with van der Waals surface area (Å²) in [6, 6.07) is 0. The second kappa shape index (κ2) is 11.4. The van der Waals surface area contributed by atoms with Crippen LogP contribution in [-0.4, -0.2) is 142 Å². The average molecular weight is 541 g/mol. The van der Waals surface area contributed by atoms with Crippen molar-refractivity contribution in [1.82, 2.24) is 0 Å². The first-order valence-corrected chi connectivity index (χ1v) is 12.7. The van der Waals surface area contributed by atoms with E-state index in [1.54, 1.807) is 0 Å². The van der Waals surface area contributed by atoms with Crippen LogP contribution in [0.15, 0.2) is 0 Å². The molecule has 12 heteroatoms. The molecule has 33 heavy (non-hydrogen) atoms. The van der Waals surface area contributed by atoms with Gasteiger partial charge in [0.05, 0.1) is 65.6 Å². The van der Waals surface area contributed by atoms with Crippen LogP contribution >= 0.6 is 15.9 Å². The van der Waals surface area contributed by atoms with Crippen LogP contribution in [0.1, 0.15) is 0 Å². The highest BCUT2D eigenvalue weighted by Gasteiger charge is 2.50. The summed E-state index contributed by atoms with van der Waals surface area (Å²) in [7, 11) is 0. The zero-order valence-corrected chi connectivity index (χ0v) is 20.0. The number of alkyl halides is 1. The highest BCUT2D eigenvalue weighted by molar-refractivity contribution is 9.09. The van der Waals surface area contributed by atoms with Crippen LogP contribution in [0.4, 0.5) is 0 Å². The Kier molecular flexibility index (Phi) is 8.54. The molecule has 0 spiro atoms. The Balaban J connectivity index is 0.000000127. The van der Waals surface area contributed by atoms with E-state index in [0.717, 1.165) is 25.2 Å². The Morgan fingerprint density at radius 1 is 0.545 bits per heavy atom. The third-order valence-electron chi connectivity index (χ3n) is 6.34. The van der Waals surface area contributed by atoms with Crippen LogP contribution < -0.4 is 0 Å². The SMILES string of the molecule is BrCC1CO1.C1OC1CO[C@H]1CO[C@H]2[C@@H]1OC[C@H]2OCC1CO1.O[C@@H]1CO[C@H]2[C@@H]1OC[C@@H]2O. The highest BCUT2D eigenvalue weighted by atomic mass is 79.9. The molecule has 7 saturated heterocycles. The minimum absolute atomic E-state index is 0.00821. The Morgan fingerprint density at radius 2 is 0.939 bits per heavy atom. The monoisotopic (exact) mass is 540 g/mol.